The van der Waals surface area contributed by atoms with Crippen molar-refractivity contribution < 1.29 is 27.8 Å². The molecular weight excluding hydrogens is 382 g/mol. The van der Waals surface area contributed by atoms with Gasteiger partial charge in [0.2, 0.25) is 11.8 Å². The lowest BCUT2D eigenvalue weighted by atomic mass is 9.95. The van der Waals surface area contributed by atoms with Gasteiger partial charge < -0.3 is 20.1 Å². The topological polar surface area (TPSA) is 76.7 Å². The molecule has 2 unspecified atom stereocenters. The second-order valence-electron chi connectivity index (χ2n) is 6.64. The lowest BCUT2D eigenvalue weighted by Crippen LogP contribution is -2.44. The fourth-order valence-corrected chi connectivity index (χ4v) is 3.19. The molecule has 3 rings (SSSR count). The molecule has 0 aromatic heterocycles. The maximum atomic E-state index is 13.6. The molecule has 2 aromatic carbocycles. The Morgan fingerprint density at radius 3 is 2.69 bits per heavy atom. The van der Waals surface area contributed by atoms with E-state index < -0.39 is 35.4 Å². The van der Waals surface area contributed by atoms with Crippen LogP contribution in [0.3, 0.4) is 0 Å². The fraction of sp³-hybridized carbons (Fsp3) is 0.333. The molecule has 29 heavy (non-hydrogen) atoms. The number of amides is 2. The molecule has 0 saturated carbocycles. The smallest absolute Gasteiger partial charge is 0.246 e. The predicted octanol–water partition coefficient (Wildman–Crippen LogP) is 2.52. The number of likely N-dealkylation sites (N-methyl/N-ethyl adjacent to an activating group) is 1. The number of nitrogens with one attached hydrogen (secondary N) is 2. The van der Waals surface area contributed by atoms with Crippen molar-refractivity contribution >= 4 is 11.8 Å². The summed E-state index contributed by atoms with van der Waals surface area (Å²) in [5.74, 6) is -2.27. The van der Waals surface area contributed by atoms with Crippen molar-refractivity contribution in [1.29, 1.82) is 0 Å². The third-order valence-electron chi connectivity index (χ3n) is 4.69. The zero-order valence-corrected chi connectivity index (χ0v) is 16.1. The highest BCUT2D eigenvalue weighted by atomic mass is 19.2. The van der Waals surface area contributed by atoms with E-state index in [1.807, 2.05) is 13.0 Å². The molecule has 1 aliphatic heterocycles. The van der Waals surface area contributed by atoms with E-state index in [-0.39, 0.29) is 12.2 Å². The molecule has 0 radical (unpaired) electrons. The zero-order chi connectivity index (χ0) is 21.0. The number of hydrogen-bond acceptors (Lipinski definition) is 4. The Hall–Kier alpha value is -3.16. The van der Waals surface area contributed by atoms with Crippen molar-refractivity contribution in [2.24, 2.45) is 5.92 Å². The van der Waals surface area contributed by atoms with Gasteiger partial charge >= 0.3 is 0 Å². The first-order valence-electron chi connectivity index (χ1n) is 9.28. The molecule has 0 fully saturated rings. The molecule has 2 atom stereocenters. The van der Waals surface area contributed by atoms with Gasteiger partial charge in [0.25, 0.3) is 0 Å². The van der Waals surface area contributed by atoms with E-state index in [1.54, 1.807) is 12.1 Å². The number of rotatable bonds is 6. The van der Waals surface area contributed by atoms with E-state index in [4.69, 9.17) is 9.47 Å². The molecule has 0 bridgehead atoms. The summed E-state index contributed by atoms with van der Waals surface area (Å²) in [6, 6.07) is 7.34. The van der Waals surface area contributed by atoms with Crippen LogP contribution >= 0.6 is 0 Å². The van der Waals surface area contributed by atoms with E-state index in [0.29, 0.717) is 24.5 Å². The quantitative estimate of drug-likeness (QED) is 0.776. The first-order chi connectivity index (χ1) is 13.9. The molecule has 0 aliphatic carbocycles. The highest BCUT2D eigenvalue weighted by Gasteiger charge is 2.30. The molecule has 1 heterocycles. The second kappa shape index (κ2) is 8.89. The first kappa shape index (κ1) is 20.6. The van der Waals surface area contributed by atoms with Crippen LogP contribution in [0.4, 0.5) is 8.78 Å². The van der Waals surface area contributed by atoms with Crippen LogP contribution in [0.2, 0.25) is 0 Å². The monoisotopic (exact) mass is 404 g/mol. The van der Waals surface area contributed by atoms with E-state index in [0.717, 1.165) is 17.7 Å². The van der Waals surface area contributed by atoms with Crippen molar-refractivity contribution in [1.82, 2.24) is 10.6 Å². The molecular formula is C21H22F2N2O4. The van der Waals surface area contributed by atoms with E-state index in [1.165, 1.54) is 13.1 Å². The van der Waals surface area contributed by atoms with Crippen LogP contribution < -0.4 is 20.1 Å². The minimum atomic E-state index is -1.15. The minimum absolute atomic E-state index is 0.144. The molecule has 0 spiro atoms. The van der Waals surface area contributed by atoms with Crippen LogP contribution in [0.15, 0.2) is 36.4 Å². The van der Waals surface area contributed by atoms with Gasteiger partial charge in [-0.3, -0.25) is 9.59 Å². The van der Waals surface area contributed by atoms with Crippen molar-refractivity contribution in [3.8, 4) is 11.5 Å². The molecule has 2 N–H and O–H groups in total. The van der Waals surface area contributed by atoms with Crippen molar-refractivity contribution in [2.75, 3.05) is 20.3 Å². The summed E-state index contributed by atoms with van der Waals surface area (Å²) >= 11 is 0. The number of benzene rings is 2. The Labute approximate surface area is 167 Å². The number of carbonyl (C=O) groups excluding carboxylic acids is 2. The van der Waals surface area contributed by atoms with Gasteiger partial charge in [0.1, 0.15) is 24.1 Å². The van der Waals surface area contributed by atoms with Gasteiger partial charge in [-0.25, -0.2) is 8.78 Å². The molecule has 1 aliphatic rings. The average Bonchev–Trinajstić information content (AvgIpc) is 2.73. The van der Waals surface area contributed by atoms with E-state index in [9.17, 15) is 18.4 Å². The molecule has 2 amide bonds. The van der Waals surface area contributed by atoms with Crippen molar-refractivity contribution in [2.45, 2.75) is 19.4 Å². The van der Waals surface area contributed by atoms with Gasteiger partial charge in [-0.1, -0.05) is 6.07 Å². The largest absolute Gasteiger partial charge is 0.494 e. The summed E-state index contributed by atoms with van der Waals surface area (Å²) in [5.41, 5.74) is 0.971. The molecule has 154 valence electrons. The zero-order valence-electron chi connectivity index (χ0n) is 16.1. The average molecular weight is 404 g/mol. The number of carbonyl (C=O) groups is 2. The third-order valence-corrected chi connectivity index (χ3v) is 4.69. The van der Waals surface area contributed by atoms with Gasteiger partial charge in [-0.05, 0) is 54.8 Å². The number of ether oxygens (including phenoxy) is 2. The minimum Gasteiger partial charge on any atom is -0.494 e. The van der Waals surface area contributed by atoms with Gasteiger partial charge in [0.15, 0.2) is 11.6 Å². The Bertz CT molecular complexity index is 920. The molecule has 2 aromatic rings. The normalized spacial score (nSPS) is 16.2. The second-order valence-corrected chi connectivity index (χ2v) is 6.64. The Balaban J connectivity index is 1.77. The summed E-state index contributed by atoms with van der Waals surface area (Å²) in [6.07, 6.45) is 0.403. The Morgan fingerprint density at radius 2 is 2.00 bits per heavy atom. The van der Waals surface area contributed by atoms with Crippen LogP contribution in [0.25, 0.3) is 0 Å². The lowest BCUT2D eigenvalue weighted by molar-refractivity contribution is -0.132. The van der Waals surface area contributed by atoms with Crippen LogP contribution in [0.5, 0.6) is 11.5 Å². The number of fused-ring (bicyclic) bond motifs is 1. The van der Waals surface area contributed by atoms with Gasteiger partial charge in [0, 0.05) is 7.05 Å². The summed E-state index contributed by atoms with van der Waals surface area (Å²) in [6.45, 7) is 2.54. The van der Waals surface area contributed by atoms with E-state index >= 15 is 0 Å². The summed E-state index contributed by atoms with van der Waals surface area (Å²) in [7, 11) is 1.40. The van der Waals surface area contributed by atoms with Crippen LogP contribution in [0.1, 0.15) is 24.1 Å². The Morgan fingerprint density at radius 1 is 1.21 bits per heavy atom. The standard InChI is InChI=1S/C21H22F2N2O4/c1-3-28-15-5-7-18-13(9-15)8-14(11-29-18)20(26)25-19(21(27)24-2)12-4-6-16(22)17(23)10-12/h4-7,9-10,14,19H,3,8,11H2,1-2H3,(H,24,27)(H,25,26). The summed E-state index contributed by atoms with van der Waals surface area (Å²) in [5, 5.41) is 5.05. The SMILES string of the molecule is CCOc1ccc2c(c1)CC(C(=O)NC(C(=O)NC)c1ccc(F)c(F)c1)CO2. The van der Waals surface area contributed by atoms with Crippen molar-refractivity contribution in [3.05, 3.63) is 59.2 Å². The van der Waals surface area contributed by atoms with Crippen LogP contribution in [-0.2, 0) is 16.0 Å². The highest BCUT2D eigenvalue weighted by molar-refractivity contribution is 5.89. The summed E-state index contributed by atoms with van der Waals surface area (Å²) in [4.78, 5) is 25.1. The maximum Gasteiger partial charge on any atom is 0.246 e. The third kappa shape index (κ3) is 4.64. The van der Waals surface area contributed by atoms with Gasteiger partial charge in [-0.2, -0.15) is 0 Å². The predicted molar refractivity (Wildman–Crippen MR) is 102 cm³/mol. The number of halogens is 2. The van der Waals surface area contributed by atoms with Gasteiger partial charge in [-0.15, -0.1) is 0 Å². The van der Waals surface area contributed by atoms with Crippen molar-refractivity contribution in [3.63, 3.8) is 0 Å². The molecule has 6 nitrogen and oxygen atoms in total. The molecule has 8 heteroatoms. The molecule has 0 saturated heterocycles. The Kier molecular flexibility index (Phi) is 6.31. The maximum absolute atomic E-state index is 13.6. The number of hydrogen-bond donors (Lipinski definition) is 2. The van der Waals surface area contributed by atoms with Gasteiger partial charge in [0.05, 0.1) is 12.5 Å². The van der Waals surface area contributed by atoms with Crippen LogP contribution in [-0.4, -0.2) is 32.1 Å². The highest BCUT2D eigenvalue weighted by Crippen LogP contribution is 2.31. The van der Waals surface area contributed by atoms with Crippen LogP contribution in [0, 0.1) is 17.6 Å². The van der Waals surface area contributed by atoms with E-state index in [2.05, 4.69) is 10.6 Å². The summed E-state index contributed by atoms with van der Waals surface area (Å²) < 4.78 is 38.0. The lowest BCUT2D eigenvalue weighted by Gasteiger charge is -2.27. The fourth-order valence-electron chi connectivity index (χ4n) is 3.19. The first-order valence-corrected chi connectivity index (χ1v) is 9.28.